The summed E-state index contributed by atoms with van der Waals surface area (Å²) in [5.41, 5.74) is 3.20. The van der Waals surface area contributed by atoms with Crippen LogP contribution in [0.15, 0.2) is 27.6 Å². The third kappa shape index (κ3) is 7.04. The van der Waals surface area contributed by atoms with Gasteiger partial charge in [0, 0.05) is 19.2 Å². The molecule has 150 valence electrons. The van der Waals surface area contributed by atoms with Gasteiger partial charge in [-0.25, -0.2) is 4.98 Å². The molecule has 2 aromatic rings. The minimum atomic E-state index is 0. The number of aliphatic imine (C=N–C) groups is 1. The van der Waals surface area contributed by atoms with Crippen molar-refractivity contribution in [3.05, 3.63) is 46.7 Å². The van der Waals surface area contributed by atoms with Gasteiger partial charge in [-0.3, -0.25) is 4.99 Å². The SMILES string of the molecule is CCC(C)Oc1cc(C)ccc1CNC(=NC)NCc1nc(C)c(C)o1.I. The van der Waals surface area contributed by atoms with Gasteiger partial charge in [-0.05, 0) is 45.7 Å². The van der Waals surface area contributed by atoms with E-state index in [0.29, 0.717) is 24.9 Å². The van der Waals surface area contributed by atoms with Crippen LogP contribution in [-0.4, -0.2) is 24.1 Å². The Morgan fingerprint density at radius 2 is 1.93 bits per heavy atom. The molecule has 0 saturated carbocycles. The molecule has 0 amide bonds. The molecule has 6 nitrogen and oxygen atoms in total. The van der Waals surface area contributed by atoms with Crippen molar-refractivity contribution in [2.45, 2.75) is 60.2 Å². The molecule has 7 heteroatoms. The number of nitrogens with zero attached hydrogens (tertiary/aromatic N) is 2. The zero-order valence-electron chi connectivity index (χ0n) is 17.0. The first-order valence-electron chi connectivity index (χ1n) is 9.06. The number of oxazole rings is 1. The van der Waals surface area contributed by atoms with E-state index in [2.05, 4.69) is 59.6 Å². The number of hydrogen-bond acceptors (Lipinski definition) is 4. The minimum absolute atomic E-state index is 0. The molecule has 0 saturated heterocycles. The summed E-state index contributed by atoms with van der Waals surface area (Å²) in [5, 5.41) is 6.54. The normalized spacial score (nSPS) is 12.3. The number of halogens is 1. The fourth-order valence-electron chi connectivity index (χ4n) is 2.39. The topological polar surface area (TPSA) is 71.7 Å². The minimum Gasteiger partial charge on any atom is -0.490 e. The van der Waals surface area contributed by atoms with Gasteiger partial charge in [-0.15, -0.1) is 24.0 Å². The molecule has 0 aliphatic rings. The summed E-state index contributed by atoms with van der Waals surface area (Å²) in [5.74, 6) is 3.10. The van der Waals surface area contributed by atoms with Gasteiger partial charge < -0.3 is 19.8 Å². The molecule has 2 N–H and O–H groups in total. The van der Waals surface area contributed by atoms with Crippen LogP contribution in [-0.2, 0) is 13.1 Å². The third-order valence-electron chi connectivity index (χ3n) is 4.28. The van der Waals surface area contributed by atoms with E-state index in [-0.39, 0.29) is 30.1 Å². The van der Waals surface area contributed by atoms with Crippen LogP contribution < -0.4 is 15.4 Å². The Labute approximate surface area is 179 Å². The van der Waals surface area contributed by atoms with E-state index in [4.69, 9.17) is 9.15 Å². The lowest BCUT2D eigenvalue weighted by atomic mass is 10.1. The van der Waals surface area contributed by atoms with Crippen LogP contribution in [0.1, 0.15) is 48.7 Å². The van der Waals surface area contributed by atoms with Crippen LogP contribution in [0.25, 0.3) is 0 Å². The standard InChI is InChI=1S/C20H30N4O2.HI/c1-7-14(3)25-18-10-13(2)8-9-17(18)11-22-20(21-6)23-12-19-24-15(4)16(5)26-19;/h8-10,14H,7,11-12H2,1-6H3,(H2,21,22,23);1H. The maximum atomic E-state index is 6.06. The zero-order chi connectivity index (χ0) is 19.1. The average molecular weight is 486 g/mol. The van der Waals surface area contributed by atoms with E-state index >= 15 is 0 Å². The van der Waals surface area contributed by atoms with Crippen molar-refractivity contribution in [2.75, 3.05) is 7.05 Å². The maximum Gasteiger partial charge on any atom is 0.214 e. The van der Waals surface area contributed by atoms with Gasteiger partial charge in [0.2, 0.25) is 5.89 Å². The second-order valence-corrected chi connectivity index (χ2v) is 6.48. The third-order valence-corrected chi connectivity index (χ3v) is 4.28. The lowest BCUT2D eigenvalue weighted by Crippen LogP contribution is -2.36. The molecule has 0 aliphatic heterocycles. The molecule has 0 radical (unpaired) electrons. The Balaban J connectivity index is 0.00000364. The van der Waals surface area contributed by atoms with Gasteiger partial charge >= 0.3 is 0 Å². The van der Waals surface area contributed by atoms with E-state index in [1.54, 1.807) is 7.05 Å². The lowest BCUT2D eigenvalue weighted by molar-refractivity contribution is 0.215. The highest BCUT2D eigenvalue weighted by atomic mass is 127. The quantitative estimate of drug-likeness (QED) is 0.348. The Bertz CT molecular complexity index is 739. The highest BCUT2D eigenvalue weighted by Gasteiger charge is 2.10. The van der Waals surface area contributed by atoms with Gasteiger partial charge in [0.05, 0.1) is 18.3 Å². The molecule has 1 unspecified atom stereocenters. The largest absolute Gasteiger partial charge is 0.490 e. The molecule has 1 aromatic carbocycles. The van der Waals surface area contributed by atoms with Crippen molar-refractivity contribution in [3.8, 4) is 5.75 Å². The Kier molecular flexibility index (Phi) is 9.62. The van der Waals surface area contributed by atoms with Crippen molar-refractivity contribution < 1.29 is 9.15 Å². The summed E-state index contributed by atoms with van der Waals surface area (Å²) in [6.45, 7) is 11.2. The van der Waals surface area contributed by atoms with E-state index in [0.717, 1.165) is 29.2 Å². The molecule has 2 rings (SSSR count). The fraction of sp³-hybridized carbons (Fsp3) is 0.500. The van der Waals surface area contributed by atoms with Crippen molar-refractivity contribution in [1.29, 1.82) is 0 Å². The number of aromatic nitrogens is 1. The smallest absolute Gasteiger partial charge is 0.214 e. The van der Waals surface area contributed by atoms with E-state index in [1.807, 2.05) is 13.8 Å². The number of nitrogens with one attached hydrogen (secondary N) is 2. The molecule has 0 fully saturated rings. The number of hydrogen-bond donors (Lipinski definition) is 2. The Morgan fingerprint density at radius 3 is 2.52 bits per heavy atom. The Hall–Kier alpha value is -1.77. The van der Waals surface area contributed by atoms with Crippen LogP contribution in [0.4, 0.5) is 0 Å². The van der Waals surface area contributed by atoms with Gasteiger partial charge in [-0.1, -0.05) is 19.1 Å². The highest BCUT2D eigenvalue weighted by Crippen LogP contribution is 2.22. The van der Waals surface area contributed by atoms with Gasteiger partial charge in [0.1, 0.15) is 11.5 Å². The summed E-state index contributed by atoms with van der Waals surface area (Å²) in [6.07, 6.45) is 1.16. The zero-order valence-corrected chi connectivity index (χ0v) is 19.4. The molecular formula is C20H31IN4O2. The molecule has 1 atom stereocenters. The summed E-state index contributed by atoms with van der Waals surface area (Å²) in [6, 6.07) is 6.26. The number of benzene rings is 1. The summed E-state index contributed by atoms with van der Waals surface area (Å²) >= 11 is 0. The van der Waals surface area contributed by atoms with Crippen molar-refractivity contribution >= 4 is 29.9 Å². The van der Waals surface area contributed by atoms with Crippen LogP contribution in [0.5, 0.6) is 5.75 Å². The molecule has 0 aliphatic carbocycles. The van der Waals surface area contributed by atoms with Gasteiger partial charge in [0.25, 0.3) is 0 Å². The first-order valence-corrected chi connectivity index (χ1v) is 9.06. The van der Waals surface area contributed by atoms with Gasteiger partial charge in [0.15, 0.2) is 5.96 Å². The van der Waals surface area contributed by atoms with E-state index in [9.17, 15) is 0 Å². The van der Waals surface area contributed by atoms with Crippen LogP contribution in [0.2, 0.25) is 0 Å². The first-order chi connectivity index (χ1) is 12.4. The Morgan fingerprint density at radius 1 is 1.22 bits per heavy atom. The average Bonchev–Trinajstić information content (AvgIpc) is 2.94. The molecule has 0 spiro atoms. The molecule has 1 aromatic heterocycles. The molecule has 27 heavy (non-hydrogen) atoms. The number of ether oxygens (including phenoxy) is 1. The van der Waals surface area contributed by atoms with Gasteiger partial charge in [-0.2, -0.15) is 0 Å². The lowest BCUT2D eigenvalue weighted by Gasteiger charge is -2.18. The van der Waals surface area contributed by atoms with E-state index < -0.39 is 0 Å². The number of aryl methyl sites for hydroxylation is 3. The molecular weight excluding hydrogens is 455 g/mol. The molecule has 0 bridgehead atoms. The second kappa shape index (κ2) is 11.2. The van der Waals surface area contributed by atoms with Crippen molar-refractivity contribution in [3.63, 3.8) is 0 Å². The fourth-order valence-corrected chi connectivity index (χ4v) is 2.39. The summed E-state index contributed by atoms with van der Waals surface area (Å²) < 4.78 is 11.6. The van der Waals surface area contributed by atoms with Crippen molar-refractivity contribution in [1.82, 2.24) is 15.6 Å². The maximum absolute atomic E-state index is 6.06. The van der Waals surface area contributed by atoms with Crippen LogP contribution in [0, 0.1) is 20.8 Å². The predicted octanol–water partition coefficient (Wildman–Crippen LogP) is 4.26. The van der Waals surface area contributed by atoms with Crippen LogP contribution in [0.3, 0.4) is 0 Å². The van der Waals surface area contributed by atoms with E-state index in [1.165, 1.54) is 5.56 Å². The molecule has 1 heterocycles. The second-order valence-electron chi connectivity index (χ2n) is 6.48. The number of rotatable bonds is 7. The summed E-state index contributed by atoms with van der Waals surface area (Å²) in [7, 11) is 1.74. The highest BCUT2D eigenvalue weighted by molar-refractivity contribution is 14.0. The first kappa shape index (κ1) is 23.3. The predicted molar refractivity (Wildman–Crippen MR) is 120 cm³/mol. The summed E-state index contributed by atoms with van der Waals surface area (Å²) in [4.78, 5) is 8.62. The monoisotopic (exact) mass is 486 g/mol. The van der Waals surface area contributed by atoms with Crippen molar-refractivity contribution in [2.24, 2.45) is 4.99 Å². The number of guanidine groups is 1. The van der Waals surface area contributed by atoms with Crippen LogP contribution >= 0.6 is 24.0 Å².